The smallest absolute Gasteiger partial charge is 0.160 e. The lowest BCUT2D eigenvalue weighted by molar-refractivity contribution is 0.666. The minimum atomic E-state index is -0.158. The molecule has 9 rings (SSSR count). The van der Waals surface area contributed by atoms with Crippen LogP contribution in [-0.2, 0) is 5.41 Å². The van der Waals surface area contributed by atoms with E-state index in [-0.39, 0.29) is 5.41 Å². The topological polar surface area (TPSA) is 25.8 Å². The fourth-order valence-corrected chi connectivity index (χ4v) is 7.68. The zero-order valence-electron chi connectivity index (χ0n) is 27.6. The number of fused-ring (bicyclic) bond motifs is 5. The van der Waals surface area contributed by atoms with Gasteiger partial charge < -0.3 is 0 Å². The van der Waals surface area contributed by atoms with E-state index in [0.29, 0.717) is 5.82 Å². The molecule has 0 atom stereocenters. The zero-order chi connectivity index (χ0) is 33.0. The molecule has 1 aliphatic rings. The Labute approximate surface area is 287 Å². The van der Waals surface area contributed by atoms with E-state index in [2.05, 4.69) is 184 Å². The molecule has 0 spiro atoms. The Balaban J connectivity index is 1.32. The molecule has 2 heteroatoms. The summed E-state index contributed by atoms with van der Waals surface area (Å²) in [5, 5.41) is 2.51. The van der Waals surface area contributed by atoms with Gasteiger partial charge in [-0.3, -0.25) is 0 Å². The van der Waals surface area contributed by atoms with E-state index in [1.807, 2.05) is 0 Å². The number of aromatic nitrogens is 2. The Bertz CT molecular complexity index is 2410. The summed E-state index contributed by atoms with van der Waals surface area (Å²) in [6.45, 7) is 4.71. The first-order valence-electron chi connectivity index (χ1n) is 16.9. The highest BCUT2D eigenvalue weighted by Crippen LogP contribution is 2.54. The van der Waals surface area contributed by atoms with Crippen LogP contribution in [-0.4, -0.2) is 9.97 Å². The molecule has 0 fully saturated rings. The third-order valence-corrected chi connectivity index (χ3v) is 10.0. The van der Waals surface area contributed by atoms with Crippen molar-refractivity contribution in [2.45, 2.75) is 19.3 Å². The summed E-state index contributed by atoms with van der Waals surface area (Å²) in [4.78, 5) is 10.7. The molecule has 0 aliphatic heterocycles. The van der Waals surface area contributed by atoms with E-state index in [4.69, 9.17) is 9.97 Å². The third-order valence-electron chi connectivity index (χ3n) is 10.0. The van der Waals surface area contributed by atoms with Gasteiger partial charge >= 0.3 is 0 Å². The highest BCUT2D eigenvalue weighted by Gasteiger charge is 2.38. The summed E-state index contributed by atoms with van der Waals surface area (Å²) in [7, 11) is 0. The van der Waals surface area contributed by atoms with E-state index >= 15 is 0 Å². The summed E-state index contributed by atoms with van der Waals surface area (Å²) in [5.41, 5.74) is 14.8. The van der Waals surface area contributed by atoms with Crippen LogP contribution in [0, 0.1) is 0 Å². The Kier molecular flexibility index (Phi) is 6.84. The summed E-state index contributed by atoms with van der Waals surface area (Å²) in [6, 6.07) is 60.5. The van der Waals surface area contributed by atoms with Gasteiger partial charge in [0.1, 0.15) is 0 Å². The molecule has 0 bridgehead atoms. The Hall–Kier alpha value is -6.12. The van der Waals surface area contributed by atoms with Gasteiger partial charge in [0, 0.05) is 22.1 Å². The molecule has 1 aliphatic carbocycles. The SMILES string of the molecule is CC1(C)c2ccccc2-c2c(-c3cc(-c4cccc(-c5ccccc5)c4)nc(-c4cccc(-c5ccccc5)c4)n3)cc3ccccc3c21. The maximum atomic E-state index is 5.41. The van der Waals surface area contributed by atoms with Gasteiger partial charge in [0.15, 0.2) is 5.82 Å². The number of benzene rings is 7. The summed E-state index contributed by atoms with van der Waals surface area (Å²) in [6.07, 6.45) is 0. The van der Waals surface area contributed by atoms with Gasteiger partial charge in [-0.1, -0.05) is 159 Å². The molecule has 0 amide bonds. The predicted octanol–water partition coefficient (Wildman–Crippen LogP) is 12.3. The summed E-state index contributed by atoms with van der Waals surface area (Å²) >= 11 is 0. The van der Waals surface area contributed by atoms with Gasteiger partial charge in [-0.2, -0.15) is 0 Å². The first-order valence-corrected chi connectivity index (χ1v) is 16.9. The van der Waals surface area contributed by atoms with Crippen LogP contribution >= 0.6 is 0 Å². The molecule has 1 heterocycles. The predicted molar refractivity (Wildman–Crippen MR) is 204 cm³/mol. The number of hydrogen-bond donors (Lipinski definition) is 0. The van der Waals surface area contributed by atoms with Crippen molar-refractivity contribution in [3.8, 4) is 67.3 Å². The largest absolute Gasteiger partial charge is 0.228 e. The van der Waals surface area contributed by atoms with Gasteiger partial charge in [-0.15, -0.1) is 0 Å². The molecule has 2 nitrogen and oxygen atoms in total. The monoisotopic (exact) mass is 626 g/mol. The third kappa shape index (κ3) is 4.96. The molecule has 0 radical (unpaired) electrons. The molecule has 0 N–H and O–H groups in total. The molecule has 0 unspecified atom stereocenters. The fraction of sp³-hybridized carbons (Fsp3) is 0.0638. The maximum Gasteiger partial charge on any atom is 0.160 e. The molecule has 232 valence electrons. The average molecular weight is 627 g/mol. The van der Waals surface area contributed by atoms with E-state index in [9.17, 15) is 0 Å². The first kappa shape index (κ1) is 29.1. The van der Waals surface area contributed by atoms with Crippen molar-refractivity contribution >= 4 is 10.8 Å². The van der Waals surface area contributed by atoms with Crippen LogP contribution in [0.3, 0.4) is 0 Å². The van der Waals surface area contributed by atoms with Gasteiger partial charge in [-0.25, -0.2) is 9.97 Å². The van der Waals surface area contributed by atoms with Crippen molar-refractivity contribution in [2.24, 2.45) is 0 Å². The molecular formula is C47H34N2. The quantitative estimate of drug-likeness (QED) is 0.190. The van der Waals surface area contributed by atoms with Crippen molar-refractivity contribution in [1.82, 2.24) is 9.97 Å². The van der Waals surface area contributed by atoms with E-state index < -0.39 is 0 Å². The highest BCUT2D eigenvalue weighted by molar-refractivity contribution is 6.04. The second kappa shape index (κ2) is 11.5. The minimum absolute atomic E-state index is 0.158. The van der Waals surface area contributed by atoms with Gasteiger partial charge in [0.25, 0.3) is 0 Å². The molecule has 0 saturated heterocycles. The van der Waals surface area contributed by atoms with Crippen molar-refractivity contribution in [3.05, 3.63) is 181 Å². The van der Waals surface area contributed by atoms with Crippen LogP contribution in [0.25, 0.3) is 78.1 Å². The first-order chi connectivity index (χ1) is 24.0. The lowest BCUT2D eigenvalue weighted by Crippen LogP contribution is -2.15. The lowest BCUT2D eigenvalue weighted by atomic mass is 9.79. The van der Waals surface area contributed by atoms with E-state index in [0.717, 1.165) is 39.2 Å². The van der Waals surface area contributed by atoms with Gasteiger partial charge in [0.2, 0.25) is 0 Å². The Morgan fingerprint density at radius 2 is 0.959 bits per heavy atom. The normalized spacial score (nSPS) is 12.9. The Morgan fingerprint density at radius 3 is 1.69 bits per heavy atom. The second-order valence-electron chi connectivity index (χ2n) is 13.4. The second-order valence-corrected chi connectivity index (χ2v) is 13.4. The molecule has 7 aromatic carbocycles. The number of rotatable bonds is 5. The molecule has 49 heavy (non-hydrogen) atoms. The summed E-state index contributed by atoms with van der Waals surface area (Å²) < 4.78 is 0. The summed E-state index contributed by atoms with van der Waals surface area (Å²) in [5.74, 6) is 0.711. The lowest BCUT2D eigenvalue weighted by Gasteiger charge is -2.24. The maximum absolute atomic E-state index is 5.41. The van der Waals surface area contributed by atoms with Crippen molar-refractivity contribution < 1.29 is 0 Å². The van der Waals surface area contributed by atoms with Crippen LogP contribution in [0.4, 0.5) is 0 Å². The van der Waals surface area contributed by atoms with Gasteiger partial charge in [-0.05, 0) is 79.5 Å². The van der Waals surface area contributed by atoms with Crippen molar-refractivity contribution in [3.63, 3.8) is 0 Å². The van der Waals surface area contributed by atoms with Crippen LogP contribution in [0.2, 0.25) is 0 Å². The molecule has 1 aromatic heterocycles. The van der Waals surface area contributed by atoms with Crippen LogP contribution in [0.5, 0.6) is 0 Å². The van der Waals surface area contributed by atoms with Crippen LogP contribution < -0.4 is 0 Å². The van der Waals surface area contributed by atoms with Crippen molar-refractivity contribution in [1.29, 1.82) is 0 Å². The standard InChI is InChI=1S/C47H34N2/c1-47(2)41-26-12-11-25-39(41)44-40(29-35-19-9-10-24-38(35)45(44)47)43-30-42(36-22-13-20-33(27-36)31-15-5-3-6-16-31)48-46(49-43)37-23-14-21-34(28-37)32-17-7-4-8-18-32/h3-30H,1-2H3. The van der Waals surface area contributed by atoms with E-state index in [1.165, 1.54) is 44.2 Å². The van der Waals surface area contributed by atoms with Crippen molar-refractivity contribution in [2.75, 3.05) is 0 Å². The minimum Gasteiger partial charge on any atom is -0.228 e. The number of hydrogen-bond acceptors (Lipinski definition) is 2. The highest BCUT2D eigenvalue weighted by atomic mass is 14.9. The Morgan fingerprint density at radius 1 is 0.408 bits per heavy atom. The van der Waals surface area contributed by atoms with Crippen LogP contribution in [0.1, 0.15) is 25.0 Å². The van der Waals surface area contributed by atoms with Crippen LogP contribution in [0.15, 0.2) is 170 Å². The molecule has 8 aromatic rings. The average Bonchev–Trinajstić information content (AvgIpc) is 3.42. The molecule has 0 saturated carbocycles. The van der Waals surface area contributed by atoms with E-state index in [1.54, 1.807) is 0 Å². The number of nitrogens with zero attached hydrogens (tertiary/aromatic N) is 2. The fourth-order valence-electron chi connectivity index (χ4n) is 7.68. The molecular weight excluding hydrogens is 593 g/mol. The zero-order valence-corrected chi connectivity index (χ0v) is 27.6. The van der Waals surface area contributed by atoms with Gasteiger partial charge in [0.05, 0.1) is 11.4 Å².